The lowest BCUT2D eigenvalue weighted by molar-refractivity contribution is -0.111. The number of hydrogen-bond donors (Lipinski definition) is 1. The summed E-state index contributed by atoms with van der Waals surface area (Å²) in [6.07, 6.45) is 2.87. The van der Waals surface area contributed by atoms with E-state index in [1.807, 2.05) is 0 Å². The SMILES string of the molecule is O=C(/C=C/c1ccc(F)cc1)Nc1nc2c(F)cccc2s1. The van der Waals surface area contributed by atoms with Crippen LogP contribution in [-0.4, -0.2) is 10.9 Å². The van der Waals surface area contributed by atoms with Crippen LogP contribution in [-0.2, 0) is 4.79 Å². The van der Waals surface area contributed by atoms with Gasteiger partial charge in [-0.15, -0.1) is 0 Å². The lowest BCUT2D eigenvalue weighted by Crippen LogP contribution is -2.07. The number of nitrogens with zero attached hydrogens (tertiary/aromatic N) is 1. The van der Waals surface area contributed by atoms with E-state index in [0.29, 0.717) is 15.4 Å². The maximum absolute atomic E-state index is 13.5. The molecule has 110 valence electrons. The standard InChI is InChI=1S/C16H10F2N2OS/c17-11-7-4-10(5-8-11)6-9-14(21)19-16-20-15-12(18)2-1-3-13(15)22-16/h1-9H,(H,19,20,21)/b9-6+. The Labute approximate surface area is 128 Å². The molecule has 1 aromatic heterocycles. The largest absolute Gasteiger partial charge is 0.298 e. The smallest absolute Gasteiger partial charge is 0.250 e. The highest BCUT2D eigenvalue weighted by Gasteiger charge is 2.08. The number of thiazole rings is 1. The first kappa shape index (κ1) is 14.3. The Morgan fingerprint density at radius 1 is 1.14 bits per heavy atom. The Hall–Kier alpha value is -2.60. The third-order valence-corrected chi connectivity index (χ3v) is 3.83. The number of amides is 1. The summed E-state index contributed by atoms with van der Waals surface area (Å²) in [6, 6.07) is 10.4. The van der Waals surface area contributed by atoms with Crippen LogP contribution >= 0.6 is 11.3 Å². The van der Waals surface area contributed by atoms with Gasteiger partial charge in [-0.25, -0.2) is 13.8 Å². The van der Waals surface area contributed by atoms with Crippen molar-refractivity contribution in [3.05, 3.63) is 65.7 Å². The molecule has 0 spiro atoms. The highest BCUT2D eigenvalue weighted by molar-refractivity contribution is 7.22. The monoisotopic (exact) mass is 316 g/mol. The zero-order chi connectivity index (χ0) is 15.5. The molecule has 1 N–H and O–H groups in total. The molecule has 0 aliphatic heterocycles. The number of para-hydroxylation sites is 1. The van der Waals surface area contributed by atoms with Crippen LogP contribution in [0.1, 0.15) is 5.56 Å². The van der Waals surface area contributed by atoms with E-state index in [2.05, 4.69) is 10.3 Å². The summed E-state index contributed by atoms with van der Waals surface area (Å²) in [5.41, 5.74) is 0.942. The van der Waals surface area contributed by atoms with Crippen LogP contribution in [0.4, 0.5) is 13.9 Å². The molecule has 3 rings (SSSR count). The second kappa shape index (κ2) is 6.03. The minimum Gasteiger partial charge on any atom is -0.298 e. The van der Waals surface area contributed by atoms with E-state index in [-0.39, 0.29) is 17.2 Å². The normalized spacial score (nSPS) is 11.2. The molecule has 0 saturated carbocycles. The minimum atomic E-state index is -0.420. The molecule has 3 nitrogen and oxygen atoms in total. The number of aromatic nitrogens is 1. The van der Waals surface area contributed by atoms with Gasteiger partial charge in [0.25, 0.3) is 0 Å². The van der Waals surface area contributed by atoms with E-state index in [0.717, 1.165) is 0 Å². The van der Waals surface area contributed by atoms with Crippen molar-refractivity contribution in [2.45, 2.75) is 0 Å². The second-order valence-electron chi connectivity index (χ2n) is 4.48. The number of carbonyl (C=O) groups is 1. The molecule has 0 aliphatic rings. The Bertz CT molecular complexity index is 856. The summed E-state index contributed by atoms with van der Waals surface area (Å²) in [5, 5.41) is 2.91. The average Bonchev–Trinajstić information content (AvgIpc) is 2.90. The predicted octanol–water partition coefficient (Wildman–Crippen LogP) is 4.23. The van der Waals surface area contributed by atoms with Crippen LogP contribution < -0.4 is 5.32 Å². The third-order valence-electron chi connectivity index (χ3n) is 2.90. The molecule has 0 atom stereocenters. The summed E-state index contributed by atoms with van der Waals surface area (Å²) in [4.78, 5) is 15.9. The van der Waals surface area contributed by atoms with E-state index < -0.39 is 5.82 Å². The fraction of sp³-hybridized carbons (Fsp3) is 0. The van der Waals surface area contributed by atoms with Crippen LogP contribution in [0.5, 0.6) is 0 Å². The first-order valence-electron chi connectivity index (χ1n) is 6.41. The van der Waals surface area contributed by atoms with Crippen LogP contribution in [0.25, 0.3) is 16.3 Å². The van der Waals surface area contributed by atoms with Gasteiger partial charge in [0.15, 0.2) is 5.13 Å². The molecular weight excluding hydrogens is 306 g/mol. The Balaban J connectivity index is 1.72. The average molecular weight is 316 g/mol. The van der Waals surface area contributed by atoms with Gasteiger partial charge in [0.05, 0.1) is 4.70 Å². The van der Waals surface area contributed by atoms with Crippen molar-refractivity contribution in [2.75, 3.05) is 5.32 Å². The van der Waals surface area contributed by atoms with E-state index in [1.54, 1.807) is 30.3 Å². The summed E-state index contributed by atoms with van der Waals surface area (Å²) in [6.45, 7) is 0. The lowest BCUT2D eigenvalue weighted by atomic mass is 10.2. The van der Waals surface area contributed by atoms with E-state index in [9.17, 15) is 13.6 Å². The zero-order valence-corrected chi connectivity index (χ0v) is 12.0. The first-order valence-corrected chi connectivity index (χ1v) is 7.23. The zero-order valence-electron chi connectivity index (χ0n) is 11.2. The molecular formula is C16H10F2N2OS. The molecule has 3 aromatic rings. The van der Waals surface area contributed by atoms with Crippen molar-refractivity contribution in [3.63, 3.8) is 0 Å². The van der Waals surface area contributed by atoms with Gasteiger partial charge in [-0.3, -0.25) is 10.1 Å². The molecule has 2 aromatic carbocycles. The van der Waals surface area contributed by atoms with Crippen molar-refractivity contribution in [3.8, 4) is 0 Å². The predicted molar refractivity (Wildman–Crippen MR) is 83.6 cm³/mol. The van der Waals surface area contributed by atoms with Gasteiger partial charge in [-0.2, -0.15) is 0 Å². The van der Waals surface area contributed by atoms with Gasteiger partial charge in [0, 0.05) is 6.08 Å². The minimum absolute atomic E-state index is 0.241. The molecule has 1 amide bonds. The van der Waals surface area contributed by atoms with E-state index in [1.165, 1.54) is 35.6 Å². The number of carbonyl (C=O) groups excluding carboxylic acids is 1. The molecule has 0 bridgehead atoms. The highest BCUT2D eigenvalue weighted by Crippen LogP contribution is 2.27. The number of halogens is 2. The molecule has 0 radical (unpaired) electrons. The third kappa shape index (κ3) is 3.17. The number of nitrogens with one attached hydrogen (secondary N) is 1. The molecule has 6 heteroatoms. The first-order chi connectivity index (χ1) is 10.6. The molecule has 0 fully saturated rings. The number of benzene rings is 2. The Kier molecular flexibility index (Phi) is 3.93. The van der Waals surface area contributed by atoms with Gasteiger partial charge in [0.1, 0.15) is 17.2 Å². The number of fused-ring (bicyclic) bond motifs is 1. The molecule has 0 unspecified atom stereocenters. The van der Waals surface area contributed by atoms with Gasteiger partial charge in [-0.05, 0) is 35.9 Å². The maximum Gasteiger partial charge on any atom is 0.250 e. The molecule has 0 saturated heterocycles. The van der Waals surface area contributed by atoms with E-state index >= 15 is 0 Å². The lowest BCUT2D eigenvalue weighted by Gasteiger charge is -1.96. The van der Waals surface area contributed by atoms with E-state index in [4.69, 9.17) is 0 Å². The number of anilines is 1. The van der Waals surface area contributed by atoms with Crippen molar-refractivity contribution in [1.82, 2.24) is 4.98 Å². The molecule has 22 heavy (non-hydrogen) atoms. The van der Waals surface area contributed by atoms with Crippen molar-refractivity contribution in [2.24, 2.45) is 0 Å². The van der Waals surface area contributed by atoms with Gasteiger partial charge in [-0.1, -0.05) is 29.5 Å². The van der Waals surface area contributed by atoms with Crippen LogP contribution in [0, 0.1) is 11.6 Å². The summed E-state index contributed by atoms with van der Waals surface area (Å²) in [5.74, 6) is -1.14. The van der Waals surface area contributed by atoms with Crippen molar-refractivity contribution < 1.29 is 13.6 Å². The van der Waals surface area contributed by atoms with Crippen molar-refractivity contribution in [1.29, 1.82) is 0 Å². The van der Waals surface area contributed by atoms with Gasteiger partial charge < -0.3 is 0 Å². The quantitative estimate of drug-likeness (QED) is 0.735. The Morgan fingerprint density at radius 2 is 1.91 bits per heavy atom. The van der Waals surface area contributed by atoms with Gasteiger partial charge >= 0.3 is 0 Å². The highest BCUT2D eigenvalue weighted by atomic mass is 32.1. The fourth-order valence-corrected chi connectivity index (χ4v) is 2.74. The summed E-state index contributed by atoms with van der Waals surface area (Å²) in [7, 11) is 0. The number of rotatable bonds is 3. The molecule has 1 heterocycles. The Morgan fingerprint density at radius 3 is 2.64 bits per heavy atom. The van der Waals surface area contributed by atoms with Crippen LogP contribution in [0.2, 0.25) is 0 Å². The second-order valence-corrected chi connectivity index (χ2v) is 5.51. The number of hydrogen-bond acceptors (Lipinski definition) is 3. The summed E-state index contributed by atoms with van der Waals surface area (Å²) >= 11 is 1.20. The van der Waals surface area contributed by atoms with Gasteiger partial charge in [0.2, 0.25) is 5.91 Å². The van der Waals surface area contributed by atoms with Crippen LogP contribution in [0.3, 0.4) is 0 Å². The summed E-state index contributed by atoms with van der Waals surface area (Å²) < 4.78 is 27.0. The molecule has 0 aliphatic carbocycles. The topological polar surface area (TPSA) is 42.0 Å². The maximum atomic E-state index is 13.5. The fourth-order valence-electron chi connectivity index (χ4n) is 1.86. The van der Waals surface area contributed by atoms with Crippen LogP contribution in [0.15, 0.2) is 48.5 Å². The van der Waals surface area contributed by atoms with Crippen molar-refractivity contribution >= 4 is 38.7 Å².